The van der Waals surface area contributed by atoms with Crippen molar-refractivity contribution in [3.05, 3.63) is 59.9 Å². The molecule has 0 atom stereocenters. The van der Waals surface area contributed by atoms with Gasteiger partial charge in [-0.15, -0.1) is 0 Å². The number of hydrazone groups is 1. The quantitative estimate of drug-likeness (QED) is 0.631. The smallest absolute Gasteiger partial charge is 0.277 e. The van der Waals surface area contributed by atoms with Gasteiger partial charge in [0.15, 0.2) is 18.1 Å². The maximum absolute atomic E-state index is 12.7. The SMILES string of the molecule is CCOc1ccccc1OCC(=O)N/N=C/c1ccc(F)cc1. The second-order valence-electron chi connectivity index (χ2n) is 4.51. The van der Waals surface area contributed by atoms with Crippen LogP contribution in [-0.2, 0) is 4.79 Å². The monoisotopic (exact) mass is 316 g/mol. The lowest BCUT2D eigenvalue weighted by atomic mass is 10.2. The summed E-state index contributed by atoms with van der Waals surface area (Å²) in [4.78, 5) is 11.7. The van der Waals surface area contributed by atoms with E-state index in [1.165, 1.54) is 18.3 Å². The second kappa shape index (κ2) is 8.53. The number of rotatable bonds is 7. The molecule has 0 aliphatic heterocycles. The number of carbonyl (C=O) groups excluding carboxylic acids is 1. The molecule has 0 aliphatic carbocycles. The van der Waals surface area contributed by atoms with E-state index in [4.69, 9.17) is 9.47 Å². The molecule has 6 heteroatoms. The van der Waals surface area contributed by atoms with E-state index in [1.54, 1.807) is 30.3 Å². The van der Waals surface area contributed by atoms with Gasteiger partial charge in [0.2, 0.25) is 0 Å². The summed E-state index contributed by atoms with van der Waals surface area (Å²) in [5.41, 5.74) is 3.01. The number of carbonyl (C=O) groups is 1. The fourth-order valence-electron chi connectivity index (χ4n) is 1.75. The van der Waals surface area contributed by atoms with Gasteiger partial charge < -0.3 is 9.47 Å². The Hall–Kier alpha value is -2.89. The van der Waals surface area contributed by atoms with Gasteiger partial charge in [0.05, 0.1) is 12.8 Å². The third-order valence-corrected chi connectivity index (χ3v) is 2.78. The first-order valence-electron chi connectivity index (χ1n) is 7.11. The number of hydrogen-bond donors (Lipinski definition) is 1. The molecule has 23 heavy (non-hydrogen) atoms. The molecular weight excluding hydrogens is 299 g/mol. The Morgan fingerprint density at radius 2 is 1.78 bits per heavy atom. The number of hydrogen-bond acceptors (Lipinski definition) is 4. The van der Waals surface area contributed by atoms with Crippen molar-refractivity contribution < 1.29 is 18.7 Å². The Labute approximate surface area is 133 Å². The van der Waals surface area contributed by atoms with Crippen LogP contribution >= 0.6 is 0 Å². The standard InChI is InChI=1S/C17H17FN2O3/c1-2-22-15-5-3-4-6-16(15)23-12-17(21)20-19-11-13-7-9-14(18)10-8-13/h3-11H,2,12H2,1H3,(H,20,21)/b19-11+. The van der Waals surface area contributed by atoms with Crippen LogP contribution in [0.3, 0.4) is 0 Å². The largest absolute Gasteiger partial charge is 0.490 e. The molecule has 0 saturated carbocycles. The van der Waals surface area contributed by atoms with Crippen molar-refractivity contribution in [1.29, 1.82) is 0 Å². The lowest BCUT2D eigenvalue weighted by molar-refractivity contribution is -0.123. The summed E-state index contributed by atoms with van der Waals surface area (Å²) in [6.07, 6.45) is 1.42. The van der Waals surface area contributed by atoms with Crippen LogP contribution in [0, 0.1) is 5.82 Å². The first kappa shape index (κ1) is 16.5. The van der Waals surface area contributed by atoms with E-state index in [0.29, 0.717) is 23.7 Å². The average molecular weight is 316 g/mol. The van der Waals surface area contributed by atoms with Crippen molar-refractivity contribution in [2.24, 2.45) is 5.10 Å². The fraction of sp³-hybridized carbons (Fsp3) is 0.176. The predicted molar refractivity (Wildman–Crippen MR) is 85.2 cm³/mol. The molecule has 0 bridgehead atoms. The zero-order chi connectivity index (χ0) is 16.5. The van der Waals surface area contributed by atoms with Gasteiger partial charge >= 0.3 is 0 Å². The molecule has 2 aromatic carbocycles. The molecule has 0 radical (unpaired) electrons. The van der Waals surface area contributed by atoms with E-state index in [2.05, 4.69) is 10.5 Å². The molecule has 1 amide bonds. The van der Waals surface area contributed by atoms with Crippen LogP contribution in [0.25, 0.3) is 0 Å². The van der Waals surface area contributed by atoms with Gasteiger partial charge in [0.1, 0.15) is 5.82 Å². The highest BCUT2D eigenvalue weighted by molar-refractivity contribution is 5.82. The Balaban J connectivity index is 1.82. The van der Waals surface area contributed by atoms with Gasteiger partial charge in [-0.3, -0.25) is 4.79 Å². The van der Waals surface area contributed by atoms with Crippen molar-refractivity contribution in [1.82, 2.24) is 5.43 Å². The van der Waals surface area contributed by atoms with Crippen molar-refractivity contribution >= 4 is 12.1 Å². The highest BCUT2D eigenvalue weighted by atomic mass is 19.1. The van der Waals surface area contributed by atoms with E-state index >= 15 is 0 Å². The highest BCUT2D eigenvalue weighted by Gasteiger charge is 2.06. The summed E-state index contributed by atoms with van der Waals surface area (Å²) in [6.45, 7) is 2.19. The zero-order valence-corrected chi connectivity index (χ0v) is 12.7. The normalized spacial score (nSPS) is 10.5. The fourth-order valence-corrected chi connectivity index (χ4v) is 1.75. The zero-order valence-electron chi connectivity index (χ0n) is 12.7. The molecule has 0 aliphatic rings. The number of benzene rings is 2. The molecule has 0 spiro atoms. The molecule has 1 N–H and O–H groups in total. The molecule has 5 nitrogen and oxygen atoms in total. The van der Waals surface area contributed by atoms with Crippen LogP contribution in [0.1, 0.15) is 12.5 Å². The molecule has 0 fully saturated rings. The van der Waals surface area contributed by atoms with Crippen molar-refractivity contribution in [2.45, 2.75) is 6.92 Å². The van der Waals surface area contributed by atoms with Gasteiger partial charge in [-0.25, -0.2) is 9.82 Å². The molecule has 2 rings (SSSR count). The molecule has 0 unspecified atom stereocenters. The van der Waals surface area contributed by atoms with Crippen LogP contribution in [0.5, 0.6) is 11.5 Å². The predicted octanol–water partition coefficient (Wildman–Crippen LogP) is 2.75. The maximum Gasteiger partial charge on any atom is 0.277 e. The number of nitrogens with zero attached hydrogens (tertiary/aromatic N) is 1. The second-order valence-corrected chi connectivity index (χ2v) is 4.51. The Bertz CT molecular complexity index is 672. The summed E-state index contributed by atoms with van der Waals surface area (Å²) in [7, 11) is 0. The van der Waals surface area contributed by atoms with Crippen molar-refractivity contribution in [3.8, 4) is 11.5 Å². The van der Waals surface area contributed by atoms with Crippen LogP contribution in [0.2, 0.25) is 0 Å². The minimum absolute atomic E-state index is 0.190. The highest BCUT2D eigenvalue weighted by Crippen LogP contribution is 2.26. The van der Waals surface area contributed by atoms with Gasteiger partial charge in [0.25, 0.3) is 5.91 Å². The molecular formula is C17H17FN2O3. The lowest BCUT2D eigenvalue weighted by Crippen LogP contribution is -2.24. The Morgan fingerprint density at radius 1 is 1.13 bits per heavy atom. The Morgan fingerprint density at radius 3 is 2.43 bits per heavy atom. The minimum Gasteiger partial charge on any atom is -0.490 e. The molecule has 0 heterocycles. The van der Waals surface area contributed by atoms with Crippen LogP contribution in [0.15, 0.2) is 53.6 Å². The number of halogens is 1. The third kappa shape index (κ3) is 5.43. The van der Waals surface area contributed by atoms with Gasteiger partial charge in [-0.1, -0.05) is 24.3 Å². The topological polar surface area (TPSA) is 59.9 Å². The van der Waals surface area contributed by atoms with Gasteiger partial charge in [-0.05, 0) is 36.8 Å². The van der Waals surface area contributed by atoms with E-state index in [9.17, 15) is 9.18 Å². The van der Waals surface area contributed by atoms with Crippen molar-refractivity contribution in [3.63, 3.8) is 0 Å². The summed E-state index contributed by atoms with van der Waals surface area (Å²) in [5, 5.41) is 3.78. The number of amides is 1. The first-order chi connectivity index (χ1) is 11.2. The van der Waals surface area contributed by atoms with Crippen LogP contribution in [-0.4, -0.2) is 25.3 Å². The Kier molecular flexibility index (Phi) is 6.11. The van der Waals surface area contributed by atoms with Gasteiger partial charge in [-0.2, -0.15) is 5.10 Å². The van der Waals surface area contributed by atoms with Crippen molar-refractivity contribution in [2.75, 3.05) is 13.2 Å². The summed E-state index contributed by atoms with van der Waals surface area (Å²) in [5.74, 6) is 0.340. The minimum atomic E-state index is -0.408. The molecule has 120 valence electrons. The average Bonchev–Trinajstić information content (AvgIpc) is 2.56. The number of ether oxygens (including phenoxy) is 2. The van der Waals surface area contributed by atoms with Crippen LogP contribution < -0.4 is 14.9 Å². The van der Waals surface area contributed by atoms with E-state index in [0.717, 1.165) is 0 Å². The number of para-hydroxylation sites is 2. The number of nitrogens with one attached hydrogen (secondary N) is 1. The summed E-state index contributed by atoms with van der Waals surface area (Å²) >= 11 is 0. The molecule has 2 aromatic rings. The third-order valence-electron chi connectivity index (χ3n) is 2.78. The lowest BCUT2D eigenvalue weighted by Gasteiger charge is -2.10. The van der Waals surface area contributed by atoms with E-state index in [1.807, 2.05) is 13.0 Å². The summed E-state index contributed by atoms with van der Waals surface area (Å²) in [6, 6.07) is 12.9. The first-order valence-corrected chi connectivity index (χ1v) is 7.11. The van der Waals surface area contributed by atoms with Crippen LogP contribution in [0.4, 0.5) is 4.39 Å². The summed E-state index contributed by atoms with van der Waals surface area (Å²) < 4.78 is 23.6. The molecule has 0 saturated heterocycles. The molecule has 0 aromatic heterocycles. The van der Waals surface area contributed by atoms with E-state index in [-0.39, 0.29) is 12.4 Å². The van der Waals surface area contributed by atoms with Gasteiger partial charge in [0, 0.05) is 0 Å². The maximum atomic E-state index is 12.7. The van der Waals surface area contributed by atoms with E-state index < -0.39 is 5.91 Å².